The number of hydrogen-bond acceptors (Lipinski definition) is 4. The zero-order valence-electron chi connectivity index (χ0n) is 19.0. The van der Waals surface area contributed by atoms with Crippen LogP contribution in [-0.4, -0.2) is 24.9 Å². The fourth-order valence-electron chi connectivity index (χ4n) is 3.77. The van der Waals surface area contributed by atoms with Crippen molar-refractivity contribution in [3.05, 3.63) is 71.6 Å². The minimum absolute atomic E-state index is 0.230. The van der Waals surface area contributed by atoms with Gasteiger partial charge in [-0.15, -0.1) is 0 Å². The lowest BCUT2D eigenvalue weighted by Gasteiger charge is -2.44. The van der Waals surface area contributed by atoms with Crippen LogP contribution in [0.3, 0.4) is 0 Å². The molecule has 168 valence electrons. The van der Waals surface area contributed by atoms with Crippen molar-refractivity contribution in [2.75, 3.05) is 18.5 Å². The summed E-state index contributed by atoms with van der Waals surface area (Å²) in [5.41, 5.74) is 2.27. The van der Waals surface area contributed by atoms with Gasteiger partial charge in [-0.3, -0.25) is 0 Å². The summed E-state index contributed by atoms with van der Waals surface area (Å²) in [5.74, 6) is 0.583. The van der Waals surface area contributed by atoms with Gasteiger partial charge in [0.1, 0.15) is 29.4 Å². The number of allylic oxidation sites excluding steroid dienone is 1. The van der Waals surface area contributed by atoms with Crippen LogP contribution in [0.1, 0.15) is 57.8 Å². The van der Waals surface area contributed by atoms with Crippen LogP contribution in [0.5, 0.6) is 5.75 Å². The molecule has 0 saturated heterocycles. The smallest absolute Gasteiger partial charge is 0.132 e. The highest BCUT2D eigenvalue weighted by Gasteiger charge is 2.45. The average molecular weight is 428 g/mol. The summed E-state index contributed by atoms with van der Waals surface area (Å²) in [5, 5.41) is 3.38. The molecular formula is C26H34FNO3. The number of halogens is 1. The fraction of sp³-hybridized carbons (Fsp3) is 0.462. The van der Waals surface area contributed by atoms with Crippen LogP contribution in [0.2, 0.25) is 0 Å². The Morgan fingerprint density at radius 3 is 2.74 bits per heavy atom. The molecule has 0 spiro atoms. The quantitative estimate of drug-likeness (QED) is 0.350. The second kappa shape index (κ2) is 10.8. The molecule has 1 heterocycles. The Bertz CT molecular complexity index is 881. The van der Waals surface area contributed by atoms with Gasteiger partial charge in [0, 0.05) is 24.4 Å². The predicted molar refractivity (Wildman–Crippen MR) is 123 cm³/mol. The molecule has 0 aromatic heterocycles. The number of hydrogen-bond donors (Lipinski definition) is 1. The van der Waals surface area contributed by atoms with Crippen molar-refractivity contribution in [3.63, 3.8) is 0 Å². The first-order chi connectivity index (χ1) is 14.9. The molecule has 1 aliphatic rings. The number of rotatable bonds is 10. The maximum Gasteiger partial charge on any atom is 0.132 e. The van der Waals surface area contributed by atoms with E-state index in [4.69, 9.17) is 14.2 Å². The summed E-state index contributed by atoms with van der Waals surface area (Å²) < 4.78 is 32.4. The van der Waals surface area contributed by atoms with Gasteiger partial charge >= 0.3 is 0 Å². The van der Waals surface area contributed by atoms with E-state index in [2.05, 4.69) is 18.3 Å². The van der Waals surface area contributed by atoms with Crippen molar-refractivity contribution in [2.45, 2.75) is 64.9 Å². The molecule has 0 radical (unpaired) electrons. The van der Waals surface area contributed by atoms with E-state index in [9.17, 15) is 4.39 Å². The van der Waals surface area contributed by atoms with E-state index in [0.717, 1.165) is 35.4 Å². The fourth-order valence-corrected chi connectivity index (χ4v) is 3.77. The van der Waals surface area contributed by atoms with E-state index in [1.807, 2.05) is 51.1 Å². The van der Waals surface area contributed by atoms with Gasteiger partial charge < -0.3 is 19.5 Å². The van der Waals surface area contributed by atoms with Crippen molar-refractivity contribution in [1.29, 1.82) is 0 Å². The molecule has 1 aliphatic heterocycles. The Morgan fingerprint density at radius 1 is 1.16 bits per heavy atom. The number of unbranched alkanes of at least 4 members (excludes halogenated alkanes) is 1. The lowest BCUT2D eigenvalue weighted by atomic mass is 9.87. The molecule has 2 atom stereocenters. The van der Waals surface area contributed by atoms with E-state index in [1.54, 1.807) is 12.1 Å². The number of anilines is 1. The maximum absolute atomic E-state index is 13.5. The molecule has 2 aromatic carbocycles. The van der Waals surface area contributed by atoms with Gasteiger partial charge in [0.2, 0.25) is 0 Å². The van der Waals surface area contributed by atoms with Crippen LogP contribution in [0.25, 0.3) is 0 Å². The number of ether oxygens (including phenoxy) is 3. The molecule has 0 bridgehead atoms. The number of benzene rings is 2. The molecule has 2 unspecified atom stereocenters. The highest BCUT2D eigenvalue weighted by Crippen LogP contribution is 2.44. The topological polar surface area (TPSA) is 39.7 Å². The molecule has 0 saturated carbocycles. The largest absolute Gasteiger partial charge is 0.485 e. The van der Waals surface area contributed by atoms with E-state index in [-0.39, 0.29) is 18.0 Å². The Hall–Kier alpha value is -2.37. The first-order valence-electron chi connectivity index (χ1n) is 11.1. The lowest BCUT2D eigenvalue weighted by molar-refractivity contribution is -0.157. The highest BCUT2D eigenvalue weighted by molar-refractivity contribution is 5.53. The van der Waals surface area contributed by atoms with Crippen LogP contribution in [0.4, 0.5) is 10.1 Å². The van der Waals surface area contributed by atoms with Gasteiger partial charge in [-0.1, -0.05) is 37.6 Å². The van der Waals surface area contributed by atoms with Crippen LogP contribution in [0, 0.1) is 5.82 Å². The molecule has 4 nitrogen and oxygen atoms in total. The van der Waals surface area contributed by atoms with Gasteiger partial charge in [-0.2, -0.15) is 0 Å². The zero-order chi connectivity index (χ0) is 22.3. The summed E-state index contributed by atoms with van der Waals surface area (Å²) in [6.07, 6.45) is 5.56. The Labute approximate surface area is 185 Å². The first-order valence-corrected chi connectivity index (χ1v) is 11.1. The molecule has 31 heavy (non-hydrogen) atoms. The van der Waals surface area contributed by atoms with Gasteiger partial charge in [-0.05, 0) is 63.1 Å². The third kappa shape index (κ3) is 6.08. The molecule has 5 heteroatoms. The van der Waals surface area contributed by atoms with Crippen molar-refractivity contribution >= 4 is 5.69 Å². The number of nitrogens with one attached hydrogen (secondary N) is 1. The molecule has 0 fully saturated rings. The molecule has 0 aliphatic carbocycles. The first kappa shape index (κ1) is 23.3. The van der Waals surface area contributed by atoms with E-state index in [1.165, 1.54) is 6.07 Å². The van der Waals surface area contributed by atoms with Gasteiger partial charge in [0.15, 0.2) is 0 Å². The second-order valence-electron chi connectivity index (χ2n) is 8.41. The van der Waals surface area contributed by atoms with E-state index in [0.29, 0.717) is 19.8 Å². The van der Waals surface area contributed by atoms with Crippen molar-refractivity contribution in [2.24, 2.45) is 0 Å². The number of fused-ring (bicyclic) bond motifs is 1. The Morgan fingerprint density at radius 2 is 2.00 bits per heavy atom. The monoisotopic (exact) mass is 427 g/mol. The van der Waals surface area contributed by atoms with Crippen LogP contribution in [-0.2, 0) is 16.0 Å². The minimum Gasteiger partial charge on any atom is -0.485 e. The van der Waals surface area contributed by atoms with Crippen LogP contribution >= 0.6 is 0 Å². The predicted octanol–water partition coefficient (Wildman–Crippen LogP) is 6.43. The third-order valence-corrected chi connectivity index (χ3v) is 5.44. The van der Waals surface area contributed by atoms with Gasteiger partial charge in [0.25, 0.3) is 0 Å². The lowest BCUT2D eigenvalue weighted by Crippen LogP contribution is -2.51. The molecule has 2 aromatic rings. The van der Waals surface area contributed by atoms with Crippen molar-refractivity contribution < 1.29 is 18.6 Å². The average Bonchev–Trinajstić information content (AvgIpc) is 2.74. The van der Waals surface area contributed by atoms with Crippen LogP contribution in [0.15, 0.2) is 54.6 Å². The Kier molecular flexibility index (Phi) is 8.10. The normalized spacial score (nSPS) is 19.8. The van der Waals surface area contributed by atoms with Gasteiger partial charge in [-0.25, -0.2) is 4.39 Å². The highest BCUT2D eigenvalue weighted by atomic mass is 19.1. The summed E-state index contributed by atoms with van der Waals surface area (Å²) in [6.45, 7) is 9.93. The van der Waals surface area contributed by atoms with Gasteiger partial charge in [0.05, 0.1) is 6.61 Å². The van der Waals surface area contributed by atoms with Crippen molar-refractivity contribution in [3.8, 4) is 5.75 Å². The molecular weight excluding hydrogens is 393 g/mol. The Balaban J connectivity index is 1.84. The third-order valence-electron chi connectivity index (χ3n) is 5.44. The summed E-state index contributed by atoms with van der Waals surface area (Å²) in [4.78, 5) is 0. The molecule has 1 N–H and O–H groups in total. The van der Waals surface area contributed by atoms with Crippen LogP contribution < -0.4 is 10.1 Å². The van der Waals surface area contributed by atoms with E-state index >= 15 is 0 Å². The zero-order valence-corrected chi connectivity index (χ0v) is 19.0. The minimum atomic E-state index is -0.526. The second-order valence-corrected chi connectivity index (χ2v) is 8.41. The standard InChI is InChI=1S/C26H34FNO3/c1-5-7-14-29-24-22-17-21(28-18-19-10-9-11-20(27)16-19)12-13-23(22)31-26(3,4)25(24)30-15-8-6-2/h6,8-13,16-17,24-25,28H,5,7,14-15,18H2,1-4H3. The maximum atomic E-state index is 13.5. The summed E-state index contributed by atoms with van der Waals surface area (Å²) in [7, 11) is 0. The van der Waals surface area contributed by atoms with Crippen molar-refractivity contribution in [1.82, 2.24) is 0 Å². The summed E-state index contributed by atoms with van der Waals surface area (Å²) >= 11 is 0. The molecule has 3 rings (SSSR count). The molecule has 0 amide bonds. The van der Waals surface area contributed by atoms with E-state index < -0.39 is 5.60 Å². The SMILES string of the molecule is CC=CCOC1C(OCCCC)c2cc(NCc3cccc(F)c3)ccc2OC1(C)C. The summed E-state index contributed by atoms with van der Waals surface area (Å²) in [6, 6.07) is 12.6.